The number of nitrogens with zero attached hydrogens (tertiary/aromatic N) is 4. The number of aromatic nitrogens is 2. The van der Waals surface area contributed by atoms with Crippen LogP contribution in [0.25, 0.3) is 93.2 Å². The number of fused-ring (bicyclic) bond motifs is 6. The first-order chi connectivity index (χ1) is 27.9. The summed E-state index contributed by atoms with van der Waals surface area (Å²) in [7, 11) is 0. The van der Waals surface area contributed by atoms with Gasteiger partial charge >= 0.3 is 0 Å². The molecule has 8 aromatic carbocycles. The van der Waals surface area contributed by atoms with Crippen LogP contribution >= 0.6 is 0 Å². The molecule has 4 nitrogen and oxygen atoms in total. The topological polar surface area (TPSA) is 38.0 Å². The summed E-state index contributed by atoms with van der Waals surface area (Å²) in [6.07, 6.45) is 0. The maximum atomic E-state index is 10.1. The average molecular weight is 729 g/mol. The molecule has 0 fully saturated rings. The predicted octanol–water partition coefficient (Wildman–Crippen LogP) is 14.2. The maximum Gasteiger partial charge on any atom is 0.234 e. The molecule has 0 saturated heterocycles. The quantitative estimate of drug-likeness (QED) is 0.163. The number of hydrogen-bond donors (Lipinski definition) is 0. The normalized spacial score (nSPS) is 11.4. The van der Waals surface area contributed by atoms with Crippen LogP contribution in [-0.4, -0.2) is 9.13 Å². The van der Waals surface area contributed by atoms with E-state index in [0.29, 0.717) is 11.3 Å². The van der Waals surface area contributed by atoms with Crippen LogP contribution in [0.4, 0.5) is 5.69 Å². The summed E-state index contributed by atoms with van der Waals surface area (Å²) in [5, 5.41) is 14.5. The maximum absolute atomic E-state index is 10.1. The van der Waals surface area contributed by atoms with Crippen molar-refractivity contribution in [3.05, 3.63) is 197 Å². The standard InChI is InChI=1S/C53H36N4/c1-33-11-9-13-37(26-33)39-19-22-49-45(30-39)43-15-5-7-17-47(43)56(49)51-24-21-42(41-28-35(3)25-36(29-41)32-54)53(52(51)55-4)57-48-18-8-6-16-44(48)46-31-40(20-23-50(46)57)38-14-10-12-34(2)27-38/h5-31H,1-3H3. The second-order valence-electron chi connectivity index (χ2n) is 15.0. The molecule has 0 unspecified atom stereocenters. The summed E-state index contributed by atoms with van der Waals surface area (Å²) in [5.74, 6) is 0. The van der Waals surface area contributed by atoms with Gasteiger partial charge in [-0.05, 0) is 114 Å². The van der Waals surface area contributed by atoms with Crippen molar-refractivity contribution in [2.24, 2.45) is 0 Å². The van der Waals surface area contributed by atoms with Crippen LogP contribution in [0.1, 0.15) is 22.3 Å². The van der Waals surface area contributed by atoms with Crippen molar-refractivity contribution in [3.63, 3.8) is 0 Å². The second-order valence-corrected chi connectivity index (χ2v) is 15.0. The van der Waals surface area contributed by atoms with Crippen molar-refractivity contribution in [3.8, 4) is 50.8 Å². The lowest BCUT2D eigenvalue weighted by molar-refractivity contribution is 1.14. The van der Waals surface area contributed by atoms with Crippen molar-refractivity contribution < 1.29 is 0 Å². The van der Waals surface area contributed by atoms with E-state index in [2.05, 4.69) is 186 Å². The summed E-state index contributed by atoms with van der Waals surface area (Å²) in [6, 6.07) is 60.1. The van der Waals surface area contributed by atoms with Gasteiger partial charge in [0.1, 0.15) is 0 Å². The Morgan fingerprint density at radius 3 is 1.56 bits per heavy atom. The molecule has 0 aliphatic heterocycles. The number of hydrogen-bond acceptors (Lipinski definition) is 1. The van der Waals surface area contributed by atoms with Crippen molar-refractivity contribution in [2.75, 3.05) is 0 Å². The Balaban J connectivity index is 1.31. The molecule has 0 amide bonds. The summed E-state index contributed by atoms with van der Waals surface area (Å²) >= 11 is 0. The molecule has 2 heterocycles. The summed E-state index contributed by atoms with van der Waals surface area (Å²) in [4.78, 5) is 4.45. The van der Waals surface area contributed by atoms with Crippen LogP contribution in [0.5, 0.6) is 0 Å². The molecule has 57 heavy (non-hydrogen) atoms. The molecule has 0 N–H and O–H groups in total. The minimum atomic E-state index is 0.531. The molecule has 4 heteroatoms. The van der Waals surface area contributed by atoms with Crippen LogP contribution in [-0.2, 0) is 0 Å². The highest BCUT2D eigenvalue weighted by atomic mass is 15.1. The molecule has 0 aliphatic carbocycles. The first kappa shape index (κ1) is 33.9. The van der Waals surface area contributed by atoms with Crippen LogP contribution in [0.3, 0.4) is 0 Å². The molecule has 0 spiro atoms. The number of rotatable bonds is 5. The molecule has 0 aliphatic rings. The summed E-state index contributed by atoms with van der Waals surface area (Å²) in [5.41, 5.74) is 16.6. The molecule has 2 aromatic heterocycles. The first-order valence-corrected chi connectivity index (χ1v) is 19.2. The predicted molar refractivity (Wildman–Crippen MR) is 237 cm³/mol. The molecule has 0 saturated carbocycles. The molecule has 10 rings (SSSR count). The van der Waals surface area contributed by atoms with Gasteiger partial charge in [-0.2, -0.15) is 5.26 Å². The van der Waals surface area contributed by atoms with E-state index in [1.165, 1.54) is 22.3 Å². The lowest BCUT2D eigenvalue weighted by Gasteiger charge is -2.20. The minimum absolute atomic E-state index is 0.531. The third-order valence-corrected chi connectivity index (χ3v) is 11.3. The van der Waals surface area contributed by atoms with Crippen molar-refractivity contribution >= 4 is 49.3 Å². The van der Waals surface area contributed by atoms with Gasteiger partial charge < -0.3 is 9.13 Å². The van der Waals surface area contributed by atoms with Gasteiger partial charge in [-0.25, -0.2) is 4.85 Å². The second kappa shape index (κ2) is 13.3. The number of nitriles is 1. The van der Waals surface area contributed by atoms with Gasteiger partial charge in [-0.1, -0.05) is 120 Å². The molecule has 0 bridgehead atoms. The van der Waals surface area contributed by atoms with E-state index in [-0.39, 0.29) is 0 Å². The lowest BCUT2D eigenvalue weighted by atomic mass is 9.97. The van der Waals surface area contributed by atoms with E-state index in [1.807, 2.05) is 19.1 Å². The monoisotopic (exact) mass is 728 g/mol. The van der Waals surface area contributed by atoms with E-state index in [4.69, 9.17) is 6.57 Å². The fourth-order valence-electron chi connectivity index (χ4n) is 8.78. The third-order valence-electron chi connectivity index (χ3n) is 11.3. The molecule has 0 atom stereocenters. The van der Waals surface area contributed by atoms with E-state index in [9.17, 15) is 5.26 Å². The average Bonchev–Trinajstić information content (AvgIpc) is 3.74. The largest absolute Gasteiger partial charge is 0.319 e. The Hall–Kier alpha value is -7.66. The third kappa shape index (κ3) is 5.50. The van der Waals surface area contributed by atoms with Gasteiger partial charge in [0.15, 0.2) is 0 Å². The minimum Gasteiger partial charge on any atom is -0.319 e. The SMILES string of the molecule is [C-]#[N+]c1c(-n2c3ccccc3c3cc(-c4cccc(C)c4)ccc32)ccc(-c2cc(C)cc(C#N)c2)c1-n1c2ccccc2c2cc(-c3cccc(C)c3)ccc21. The smallest absolute Gasteiger partial charge is 0.234 e. The van der Waals surface area contributed by atoms with Gasteiger partial charge in [-0.15, -0.1) is 0 Å². The Bertz CT molecular complexity index is 3360. The van der Waals surface area contributed by atoms with Gasteiger partial charge in [0.05, 0.1) is 51.6 Å². The highest BCUT2D eigenvalue weighted by molar-refractivity contribution is 6.13. The fourth-order valence-corrected chi connectivity index (χ4v) is 8.78. The number of aryl methyl sites for hydroxylation is 3. The Morgan fingerprint density at radius 1 is 0.456 bits per heavy atom. The van der Waals surface area contributed by atoms with E-state index >= 15 is 0 Å². The van der Waals surface area contributed by atoms with Crippen molar-refractivity contribution in [1.29, 1.82) is 5.26 Å². The van der Waals surface area contributed by atoms with E-state index < -0.39 is 0 Å². The van der Waals surface area contributed by atoms with E-state index in [1.54, 1.807) is 0 Å². The van der Waals surface area contributed by atoms with Crippen LogP contribution in [0.2, 0.25) is 0 Å². The number of para-hydroxylation sites is 2. The zero-order valence-electron chi connectivity index (χ0n) is 31.9. The van der Waals surface area contributed by atoms with Crippen LogP contribution < -0.4 is 0 Å². The molecular formula is C53H36N4. The van der Waals surface area contributed by atoms with E-state index in [0.717, 1.165) is 82.8 Å². The zero-order chi connectivity index (χ0) is 38.8. The molecular weight excluding hydrogens is 693 g/mol. The summed E-state index contributed by atoms with van der Waals surface area (Å²) < 4.78 is 4.53. The van der Waals surface area contributed by atoms with Crippen LogP contribution in [0.15, 0.2) is 164 Å². The first-order valence-electron chi connectivity index (χ1n) is 19.2. The Kier molecular flexibility index (Phi) is 7.89. The van der Waals surface area contributed by atoms with Crippen molar-refractivity contribution in [2.45, 2.75) is 20.8 Å². The fraction of sp³-hybridized carbons (Fsp3) is 0.0566. The van der Waals surface area contributed by atoms with Gasteiger partial charge in [0.25, 0.3) is 0 Å². The molecule has 0 radical (unpaired) electrons. The molecule has 10 aromatic rings. The zero-order valence-corrected chi connectivity index (χ0v) is 31.9. The van der Waals surface area contributed by atoms with Crippen molar-refractivity contribution in [1.82, 2.24) is 9.13 Å². The van der Waals surface area contributed by atoms with Gasteiger partial charge in [-0.3, -0.25) is 0 Å². The summed E-state index contributed by atoms with van der Waals surface area (Å²) in [6.45, 7) is 15.3. The highest BCUT2D eigenvalue weighted by Crippen LogP contribution is 2.46. The highest BCUT2D eigenvalue weighted by Gasteiger charge is 2.25. The molecule has 268 valence electrons. The van der Waals surface area contributed by atoms with Gasteiger partial charge in [0.2, 0.25) is 5.69 Å². The Labute approximate surface area is 331 Å². The Morgan fingerprint density at radius 2 is 0.982 bits per heavy atom. The van der Waals surface area contributed by atoms with Crippen LogP contribution in [0, 0.1) is 38.7 Å². The number of benzene rings is 8. The van der Waals surface area contributed by atoms with Gasteiger partial charge in [0, 0.05) is 21.5 Å². The lowest BCUT2D eigenvalue weighted by Crippen LogP contribution is -2.03.